The molecule has 116 valence electrons. The van der Waals surface area contributed by atoms with E-state index in [0.29, 0.717) is 12.8 Å². The molecule has 1 rings (SSSR count). The van der Waals surface area contributed by atoms with Crippen molar-refractivity contribution in [2.75, 3.05) is 6.61 Å². The van der Waals surface area contributed by atoms with E-state index in [1.54, 1.807) is 0 Å². The Hall–Kier alpha value is -1.92. The standard InChI is InChI=1S/C15H21NO5/c17-10-4-7-12(11-5-2-1-3-6-11)16-15(21)13(18)8-9-14(19)20/h1-3,5-6,12-13,17-18H,4,7-10H2,(H,16,21)(H,19,20)/t12?,13-/m0/s1. The van der Waals surface area contributed by atoms with Crippen LogP contribution < -0.4 is 5.32 Å². The van der Waals surface area contributed by atoms with Gasteiger partial charge < -0.3 is 20.6 Å². The number of benzene rings is 1. The molecule has 0 heterocycles. The second kappa shape index (κ2) is 9.10. The van der Waals surface area contributed by atoms with E-state index in [0.717, 1.165) is 5.56 Å². The molecule has 1 aromatic carbocycles. The van der Waals surface area contributed by atoms with Crippen molar-refractivity contribution >= 4 is 11.9 Å². The molecule has 0 saturated heterocycles. The molecule has 1 unspecified atom stereocenters. The van der Waals surface area contributed by atoms with Gasteiger partial charge in [0.2, 0.25) is 5.91 Å². The van der Waals surface area contributed by atoms with Crippen molar-refractivity contribution in [2.45, 2.75) is 37.8 Å². The molecule has 6 heteroatoms. The lowest BCUT2D eigenvalue weighted by Crippen LogP contribution is -2.37. The maximum atomic E-state index is 11.9. The first-order valence-electron chi connectivity index (χ1n) is 6.90. The van der Waals surface area contributed by atoms with E-state index in [9.17, 15) is 14.7 Å². The first kappa shape index (κ1) is 17.1. The number of hydrogen-bond acceptors (Lipinski definition) is 4. The van der Waals surface area contributed by atoms with Crippen molar-refractivity contribution in [2.24, 2.45) is 0 Å². The number of aliphatic hydroxyl groups excluding tert-OH is 2. The Bertz CT molecular complexity index is 449. The van der Waals surface area contributed by atoms with Crippen molar-refractivity contribution in [3.8, 4) is 0 Å². The van der Waals surface area contributed by atoms with Crippen LogP contribution in [0.3, 0.4) is 0 Å². The van der Waals surface area contributed by atoms with E-state index in [2.05, 4.69) is 5.32 Å². The van der Waals surface area contributed by atoms with Crippen LogP contribution in [0.25, 0.3) is 0 Å². The largest absolute Gasteiger partial charge is 0.481 e. The number of rotatable bonds is 9. The minimum absolute atomic E-state index is 0.0147. The Morgan fingerprint density at radius 3 is 2.38 bits per heavy atom. The first-order chi connectivity index (χ1) is 10.0. The Morgan fingerprint density at radius 2 is 1.81 bits per heavy atom. The molecule has 0 saturated carbocycles. The van der Waals surface area contributed by atoms with Crippen molar-refractivity contribution in [3.05, 3.63) is 35.9 Å². The fraction of sp³-hybridized carbons (Fsp3) is 0.467. The smallest absolute Gasteiger partial charge is 0.303 e. The van der Waals surface area contributed by atoms with Crippen molar-refractivity contribution in [3.63, 3.8) is 0 Å². The number of nitrogens with one attached hydrogen (secondary N) is 1. The van der Waals surface area contributed by atoms with Gasteiger partial charge in [-0.15, -0.1) is 0 Å². The summed E-state index contributed by atoms with van der Waals surface area (Å²) in [7, 11) is 0. The van der Waals surface area contributed by atoms with Gasteiger partial charge in [0.05, 0.1) is 6.04 Å². The fourth-order valence-corrected chi connectivity index (χ4v) is 1.96. The summed E-state index contributed by atoms with van der Waals surface area (Å²) in [5.41, 5.74) is 0.879. The lowest BCUT2D eigenvalue weighted by molar-refractivity contribution is -0.138. The van der Waals surface area contributed by atoms with Crippen molar-refractivity contribution < 1.29 is 24.9 Å². The van der Waals surface area contributed by atoms with Gasteiger partial charge in [0, 0.05) is 13.0 Å². The zero-order valence-corrected chi connectivity index (χ0v) is 11.7. The molecule has 0 aliphatic rings. The van der Waals surface area contributed by atoms with Crippen molar-refractivity contribution in [1.29, 1.82) is 0 Å². The van der Waals surface area contributed by atoms with Crippen molar-refractivity contribution in [1.82, 2.24) is 5.32 Å². The van der Waals surface area contributed by atoms with E-state index in [4.69, 9.17) is 10.2 Å². The first-order valence-corrected chi connectivity index (χ1v) is 6.90. The van der Waals surface area contributed by atoms with Crippen LogP contribution in [0, 0.1) is 0 Å². The average molecular weight is 295 g/mol. The average Bonchev–Trinajstić information content (AvgIpc) is 2.49. The van der Waals surface area contributed by atoms with E-state index < -0.39 is 18.0 Å². The third kappa shape index (κ3) is 6.37. The van der Waals surface area contributed by atoms with Crippen LogP contribution in [0.4, 0.5) is 0 Å². The third-order valence-electron chi connectivity index (χ3n) is 3.10. The molecule has 0 fully saturated rings. The molecule has 2 atom stereocenters. The summed E-state index contributed by atoms with van der Waals surface area (Å²) >= 11 is 0. The number of hydrogen-bond donors (Lipinski definition) is 4. The maximum absolute atomic E-state index is 11.9. The molecule has 0 aliphatic carbocycles. The molecule has 0 spiro atoms. The summed E-state index contributed by atoms with van der Waals surface area (Å²) in [4.78, 5) is 22.3. The van der Waals surface area contributed by atoms with Crippen LogP contribution in [0.2, 0.25) is 0 Å². The molecule has 0 radical (unpaired) electrons. The normalized spacial score (nSPS) is 13.4. The number of carbonyl (C=O) groups is 2. The van der Waals surface area contributed by atoms with Crippen LogP contribution in [0.15, 0.2) is 30.3 Å². The van der Waals surface area contributed by atoms with Gasteiger partial charge >= 0.3 is 5.97 Å². The number of aliphatic hydroxyl groups is 2. The Balaban J connectivity index is 2.63. The van der Waals surface area contributed by atoms with Crippen LogP contribution in [0.5, 0.6) is 0 Å². The van der Waals surface area contributed by atoms with Crippen LogP contribution in [0.1, 0.15) is 37.3 Å². The number of carbonyl (C=O) groups excluding carboxylic acids is 1. The van der Waals surface area contributed by atoms with Crippen LogP contribution >= 0.6 is 0 Å². The van der Waals surface area contributed by atoms with E-state index in [1.807, 2.05) is 30.3 Å². The predicted molar refractivity (Wildman–Crippen MR) is 76.5 cm³/mol. The number of carboxylic acid groups (broad SMARTS) is 1. The Kier molecular flexibility index (Phi) is 7.42. The molecular formula is C15H21NO5. The highest BCUT2D eigenvalue weighted by Gasteiger charge is 2.20. The minimum atomic E-state index is -1.35. The maximum Gasteiger partial charge on any atom is 0.303 e. The molecule has 21 heavy (non-hydrogen) atoms. The summed E-state index contributed by atoms with van der Waals surface area (Å²) < 4.78 is 0. The highest BCUT2D eigenvalue weighted by atomic mass is 16.4. The second-order valence-corrected chi connectivity index (χ2v) is 4.79. The van der Waals surface area contributed by atoms with Gasteiger partial charge in [0.15, 0.2) is 0 Å². The molecule has 4 N–H and O–H groups in total. The molecule has 1 amide bonds. The summed E-state index contributed by atoms with van der Waals surface area (Å²) in [6.07, 6.45) is -0.672. The minimum Gasteiger partial charge on any atom is -0.481 e. The van der Waals surface area contributed by atoms with Gasteiger partial charge in [0.25, 0.3) is 0 Å². The number of aliphatic carboxylic acids is 1. The third-order valence-corrected chi connectivity index (χ3v) is 3.10. The summed E-state index contributed by atoms with van der Waals surface area (Å²) in [5.74, 6) is -1.65. The highest BCUT2D eigenvalue weighted by Crippen LogP contribution is 2.18. The van der Waals surface area contributed by atoms with Gasteiger partial charge in [-0.1, -0.05) is 30.3 Å². The van der Waals surface area contributed by atoms with Gasteiger partial charge in [-0.3, -0.25) is 9.59 Å². The van der Waals surface area contributed by atoms with E-state index in [1.165, 1.54) is 0 Å². The van der Waals surface area contributed by atoms with Gasteiger partial charge in [0.1, 0.15) is 6.10 Å². The molecule has 6 nitrogen and oxygen atoms in total. The van der Waals surface area contributed by atoms with Crippen LogP contribution in [-0.2, 0) is 9.59 Å². The zero-order valence-electron chi connectivity index (χ0n) is 11.7. The quantitative estimate of drug-likeness (QED) is 0.540. The Morgan fingerprint density at radius 1 is 1.14 bits per heavy atom. The number of carboxylic acids is 1. The van der Waals surface area contributed by atoms with Crippen LogP contribution in [-0.4, -0.2) is 39.9 Å². The summed E-state index contributed by atoms with van der Waals surface area (Å²) in [6, 6.07) is 8.93. The SMILES string of the molecule is O=C(O)CC[C@H](O)C(=O)NC(CCCO)c1ccccc1. The highest BCUT2D eigenvalue weighted by molar-refractivity contribution is 5.81. The molecule has 0 bridgehead atoms. The Labute approximate surface area is 123 Å². The van der Waals surface area contributed by atoms with E-state index >= 15 is 0 Å². The summed E-state index contributed by atoms with van der Waals surface area (Å²) in [6.45, 7) is 0.0147. The van der Waals surface area contributed by atoms with Gasteiger partial charge in [-0.25, -0.2) is 0 Å². The molecule has 1 aromatic rings. The lowest BCUT2D eigenvalue weighted by atomic mass is 10.0. The topological polar surface area (TPSA) is 107 Å². The summed E-state index contributed by atoms with van der Waals surface area (Å²) in [5, 5.41) is 29.8. The molecule has 0 aromatic heterocycles. The lowest BCUT2D eigenvalue weighted by Gasteiger charge is -2.20. The zero-order chi connectivity index (χ0) is 15.7. The second-order valence-electron chi connectivity index (χ2n) is 4.79. The van der Waals surface area contributed by atoms with E-state index in [-0.39, 0.29) is 25.5 Å². The monoisotopic (exact) mass is 295 g/mol. The molecule has 0 aliphatic heterocycles. The van der Waals surface area contributed by atoms with Gasteiger partial charge in [-0.2, -0.15) is 0 Å². The number of amides is 1. The fourth-order valence-electron chi connectivity index (χ4n) is 1.96. The van der Waals surface area contributed by atoms with Gasteiger partial charge in [-0.05, 0) is 24.8 Å². The predicted octanol–water partition coefficient (Wildman–Crippen LogP) is 0.842. The molecular weight excluding hydrogens is 274 g/mol.